The van der Waals surface area contributed by atoms with Crippen molar-refractivity contribution in [3.63, 3.8) is 0 Å². The fourth-order valence-electron chi connectivity index (χ4n) is 2.20. The molecule has 1 heterocycles. The molecule has 0 aromatic heterocycles. The largest absolute Gasteiger partial charge is 0.486 e. The highest BCUT2D eigenvalue weighted by atomic mass is 32.2. The minimum absolute atomic E-state index is 0.126. The Labute approximate surface area is 146 Å². The number of anilines is 1. The number of nitrogens with one attached hydrogen (secondary N) is 1. The number of fused-ring (bicyclic) bond motifs is 1. The monoisotopic (exact) mass is 369 g/mol. The van der Waals surface area contributed by atoms with Gasteiger partial charge in [-0.05, 0) is 42.5 Å². The van der Waals surface area contributed by atoms with Gasteiger partial charge in [-0.2, -0.15) is 13.2 Å². The van der Waals surface area contributed by atoms with Crippen LogP contribution in [0.3, 0.4) is 0 Å². The molecule has 1 aliphatic heterocycles. The van der Waals surface area contributed by atoms with Crippen LogP contribution in [0.25, 0.3) is 0 Å². The van der Waals surface area contributed by atoms with Crippen LogP contribution in [0.2, 0.25) is 0 Å². The Morgan fingerprint density at radius 3 is 2.40 bits per heavy atom. The van der Waals surface area contributed by atoms with Crippen LogP contribution >= 0.6 is 11.8 Å². The molecule has 0 bridgehead atoms. The summed E-state index contributed by atoms with van der Waals surface area (Å²) in [6.45, 7) is 0.991. The zero-order valence-corrected chi connectivity index (χ0v) is 13.7. The van der Waals surface area contributed by atoms with E-state index in [9.17, 15) is 18.0 Å². The van der Waals surface area contributed by atoms with E-state index in [-0.39, 0.29) is 11.7 Å². The number of hydrogen-bond donors (Lipinski definition) is 1. The van der Waals surface area contributed by atoms with E-state index in [0.29, 0.717) is 30.4 Å². The summed E-state index contributed by atoms with van der Waals surface area (Å²) >= 11 is 1.30. The van der Waals surface area contributed by atoms with Crippen molar-refractivity contribution in [3.8, 4) is 11.5 Å². The minimum atomic E-state index is -4.39. The molecule has 4 nitrogen and oxygen atoms in total. The first-order valence-electron chi connectivity index (χ1n) is 7.41. The van der Waals surface area contributed by atoms with Crippen LogP contribution in [0.1, 0.15) is 5.56 Å². The lowest BCUT2D eigenvalue weighted by atomic mass is 10.2. The van der Waals surface area contributed by atoms with Gasteiger partial charge in [0.1, 0.15) is 13.2 Å². The lowest BCUT2D eigenvalue weighted by Gasteiger charge is -2.18. The summed E-state index contributed by atoms with van der Waals surface area (Å²) in [5.41, 5.74) is -0.433. The van der Waals surface area contributed by atoms with Gasteiger partial charge < -0.3 is 14.8 Å². The summed E-state index contributed by atoms with van der Waals surface area (Å²) in [7, 11) is 0. The van der Waals surface area contributed by atoms with E-state index in [0.717, 1.165) is 17.0 Å². The average Bonchev–Trinajstić information content (AvgIpc) is 2.59. The Bertz CT molecular complexity index is 763. The lowest BCUT2D eigenvalue weighted by Crippen LogP contribution is -2.15. The van der Waals surface area contributed by atoms with Crippen LogP contribution in [0, 0.1) is 0 Å². The maximum absolute atomic E-state index is 12.5. The molecule has 8 heteroatoms. The maximum atomic E-state index is 12.5. The summed E-state index contributed by atoms with van der Waals surface area (Å²) in [4.78, 5) is 12.8. The van der Waals surface area contributed by atoms with Gasteiger partial charge in [0.2, 0.25) is 5.91 Å². The van der Waals surface area contributed by atoms with Gasteiger partial charge in [-0.1, -0.05) is 0 Å². The first-order valence-corrected chi connectivity index (χ1v) is 8.40. The summed E-state index contributed by atoms with van der Waals surface area (Å²) in [5.74, 6) is 1.13. The van der Waals surface area contributed by atoms with Crippen molar-refractivity contribution in [1.82, 2.24) is 0 Å². The Balaban J connectivity index is 1.54. The van der Waals surface area contributed by atoms with Crippen molar-refractivity contribution >= 4 is 23.4 Å². The molecule has 0 spiro atoms. The topological polar surface area (TPSA) is 47.6 Å². The highest BCUT2D eigenvalue weighted by molar-refractivity contribution is 8.00. The molecule has 1 N–H and O–H groups in total. The van der Waals surface area contributed by atoms with Crippen LogP contribution in [0.5, 0.6) is 11.5 Å². The highest BCUT2D eigenvalue weighted by Crippen LogP contribution is 2.34. The van der Waals surface area contributed by atoms with Gasteiger partial charge in [0.25, 0.3) is 0 Å². The number of alkyl halides is 3. The molecule has 0 atom stereocenters. The zero-order valence-electron chi connectivity index (χ0n) is 12.9. The summed E-state index contributed by atoms with van der Waals surface area (Å²) in [5, 5.41) is 2.57. The number of rotatable bonds is 4. The third-order valence-corrected chi connectivity index (χ3v) is 4.37. The number of amides is 1. The Hall–Kier alpha value is -2.35. The second-order valence-electron chi connectivity index (χ2n) is 5.22. The first-order chi connectivity index (χ1) is 11.9. The van der Waals surface area contributed by atoms with Crippen LogP contribution in [-0.2, 0) is 11.0 Å². The predicted molar refractivity (Wildman–Crippen MR) is 88.2 cm³/mol. The molecular weight excluding hydrogens is 355 g/mol. The molecule has 1 aliphatic rings. The van der Waals surface area contributed by atoms with Crippen LogP contribution in [0.15, 0.2) is 47.4 Å². The van der Waals surface area contributed by atoms with E-state index in [4.69, 9.17) is 9.47 Å². The molecule has 0 radical (unpaired) electrons. The molecule has 0 fully saturated rings. The Kier molecular flexibility index (Phi) is 5.08. The number of carbonyl (C=O) groups excluding carboxylic acids is 1. The van der Waals surface area contributed by atoms with E-state index in [1.165, 1.54) is 23.9 Å². The van der Waals surface area contributed by atoms with Crippen molar-refractivity contribution < 1.29 is 27.4 Å². The number of halogens is 3. The third kappa shape index (κ3) is 4.60. The van der Waals surface area contributed by atoms with Gasteiger partial charge in [0, 0.05) is 10.6 Å². The molecule has 25 heavy (non-hydrogen) atoms. The standard InChI is InChI=1S/C17H14F3NO3S/c18-17(19,20)11-1-3-12(4-2-11)21-16(22)10-25-13-5-6-14-15(9-13)24-8-7-23-14/h1-6,9H,7-8,10H2,(H,21,22). The molecule has 132 valence electrons. The second-order valence-corrected chi connectivity index (χ2v) is 6.27. The SMILES string of the molecule is O=C(CSc1ccc2c(c1)OCCO2)Nc1ccc(C(F)(F)F)cc1. The first kappa shape index (κ1) is 17.5. The fraction of sp³-hybridized carbons (Fsp3) is 0.235. The molecule has 0 unspecified atom stereocenters. The van der Waals surface area contributed by atoms with Crippen molar-refractivity contribution in [2.75, 3.05) is 24.3 Å². The third-order valence-electron chi connectivity index (χ3n) is 3.38. The average molecular weight is 369 g/mol. The molecule has 2 aromatic rings. The van der Waals surface area contributed by atoms with E-state index in [2.05, 4.69) is 5.32 Å². The molecule has 2 aromatic carbocycles. The zero-order chi connectivity index (χ0) is 17.9. The Morgan fingerprint density at radius 2 is 1.72 bits per heavy atom. The molecule has 0 saturated heterocycles. The summed E-state index contributed by atoms with van der Waals surface area (Å²) in [6.07, 6.45) is -4.39. The maximum Gasteiger partial charge on any atom is 0.416 e. The summed E-state index contributed by atoms with van der Waals surface area (Å²) in [6, 6.07) is 9.73. The van der Waals surface area contributed by atoms with Gasteiger partial charge in [-0.3, -0.25) is 4.79 Å². The van der Waals surface area contributed by atoms with Gasteiger partial charge in [-0.25, -0.2) is 0 Å². The quantitative estimate of drug-likeness (QED) is 0.821. The lowest BCUT2D eigenvalue weighted by molar-refractivity contribution is -0.137. The van der Waals surface area contributed by atoms with E-state index >= 15 is 0 Å². The second kappa shape index (κ2) is 7.26. The van der Waals surface area contributed by atoms with E-state index < -0.39 is 11.7 Å². The molecular formula is C17H14F3NO3S. The summed E-state index contributed by atoms with van der Waals surface area (Å²) < 4.78 is 48.4. The van der Waals surface area contributed by atoms with Gasteiger partial charge in [-0.15, -0.1) is 11.8 Å². The normalized spacial score (nSPS) is 13.4. The van der Waals surface area contributed by atoms with Crippen molar-refractivity contribution in [2.45, 2.75) is 11.1 Å². The highest BCUT2D eigenvalue weighted by Gasteiger charge is 2.29. The van der Waals surface area contributed by atoms with Gasteiger partial charge in [0.05, 0.1) is 11.3 Å². The van der Waals surface area contributed by atoms with E-state index in [1.807, 2.05) is 6.07 Å². The van der Waals surface area contributed by atoms with Crippen molar-refractivity contribution in [2.24, 2.45) is 0 Å². The van der Waals surface area contributed by atoms with Gasteiger partial charge in [0.15, 0.2) is 11.5 Å². The number of thioether (sulfide) groups is 1. The molecule has 0 saturated carbocycles. The number of benzene rings is 2. The van der Waals surface area contributed by atoms with Crippen LogP contribution in [-0.4, -0.2) is 24.9 Å². The molecule has 0 aliphatic carbocycles. The van der Waals surface area contributed by atoms with E-state index in [1.54, 1.807) is 12.1 Å². The molecule has 3 rings (SSSR count). The smallest absolute Gasteiger partial charge is 0.416 e. The number of ether oxygens (including phenoxy) is 2. The van der Waals surface area contributed by atoms with Crippen molar-refractivity contribution in [3.05, 3.63) is 48.0 Å². The minimum Gasteiger partial charge on any atom is -0.486 e. The number of hydrogen-bond acceptors (Lipinski definition) is 4. The predicted octanol–water partition coefficient (Wildman–Crippen LogP) is 4.21. The Morgan fingerprint density at radius 1 is 1.04 bits per heavy atom. The van der Waals surface area contributed by atoms with Gasteiger partial charge >= 0.3 is 6.18 Å². The number of carbonyl (C=O) groups is 1. The van der Waals surface area contributed by atoms with Crippen LogP contribution in [0.4, 0.5) is 18.9 Å². The van der Waals surface area contributed by atoms with Crippen molar-refractivity contribution in [1.29, 1.82) is 0 Å². The molecule has 1 amide bonds. The van der Waals surface area contributed by atoms with Crippen LogP contribution < -0.4 is 14.8 Å². The fourth-order valence-corrected chi connectivity index (χ4v) is 2.93.